The molecule has 9 nitrogen and oxygen atoms in total. The van der Waals surface area contributed by atoms with Crippen molar-refractivity contribution in [2.45, 2.75) is 31.3 Å². The van der Waals surface area contributed by atoms with Gasteiger partial charge in [-0.25, -0.2) is 0 Å². The van der Waals surface area contributed by atoms with Crippen LogP contribution in [0.25, 0.3) is 0 Å². The Morgan fingerprint density at radius 2 is 1.64 bits per heavy atom. The summed E-state index contributed by atoms with van der Waals surface area (Å²) in [6.45, 7) is 0.607. The molecule has 0 aliphatic carbocycles. The van der Waals surface area contributed by atoms with Gasteiger partial charge in [0.2, 0.25) is 14.7 Å². The first-order chi connectivity index (χ1) is 13.3. The van der Waals surface area contributed by atoms with E-state index in [1.54, 1.807) is 24.3 Å². The number of nitrogens with two attached hydrogens (primary N) is 2. The monoisotopic (exact) mass is 438 g/mol. The number of unbranched alkanes of at least 4 members (excludes halogenated alkanes) is 3. The first kappa shape index (κ1) is 27.1. The van der Waals surface area contributed by atoms with Crippen LogP contribution in [0.1, 0.15) is 25.7 Å². The van der Waals surface area contributed by atoms with Crippen molar-refractivity contribution in [1.82, 2.24) is 10.6 Å². The van der Waals surface area contributed by atoms with Gasteiger partial charge in [-0.15, -0.1) is 0 Å². The fraction of sp³-hybridized carbons (Fsp3) is 0.647. The molecule has 0 aromatic rings. The summed E-state index contributed by atoms with van der Waals surface area (Å²) in [4.78, 5) is 20.2. The zero-order chi connectivity index (χ0) is 21.3. The summed E-state index contributed by atoms with van der Waals surface area (Å²) in [5.74, 6) is 0. The summed E-state index contributed by atoms with van der Waals surface area (Å²) in [6, 6.07) is 0. The fourth-order valence-corrected chi connectivity index (χ4v) is 6.41. The van der Waals surface area contributed by atoms with E-state index in [-0.39, 0.29) is 12.6 Å². The summed E-state index contributed by atoms with van der Waals surface area (Å²) in [5.41, 5.74) is 9.44. The van der Waals surface area contributed by atoms with Gasteiger partial charge in [-0.2, -0.15) is 0 Å². The van der Waals surface area contributed by atoms with Crippen LogP contribution in [-0.4, -0.2) is 59.0 Å². The number of rotatable bonds is 17. The van der Waals surface area contributed by atoms with Crippen molar-refractivity contribution < 1.29 is 24.0 Å². The Morgan fingerprint density at radius 3 is 2.29 bits per heavy atom. The molecule has 0 aliphatic rings. The molecule has 0 fully saturated rings. The maximum absolute atomic E-state index is 12.5. The van der Waals surface area contributed by atoms with Crippen LogP contribution in [0, 0.1) is 0 Å². The summed E-state index contributed by atoms with van der Waals surface area (Å²) >= 11 is 0. The molecule has 0 saturated heterocycles. The van der Waals surface area contributed by atoms with Gasteiger partial charge in [0.15, 0.2) is 0 Å². The molecular weight excluding hydrogens is 402 g/mol. The maximum Gasteiger partial charge on any atom is 0.219 e. The lowest BCUT2D eigenvalue weighted by Gasteiger charge is -2.24. The number of aliphatic hydroxyl groups excluding tert-OH is 1. The lowest BCUT2D eigenvalue weighted by Crippen LogP contribution is -2.27. The highest BCUT2D eigenvalue weighted by Crippen LogP contribution is 2.52. The van der Waals surface area contributed by atoms with Gasteiger partial charge in [0.1, 0.15) is 0 Å². The van der Waals surface area contributed by atoms with Crippen LogP contribution in [0.15, 0.2) is 36.7 Å². The molecule has 0 rings (SSSR count). The van der Waals surface area contributed by atoms with Crippen molar-refractivity contribution >= 4 is 14.7 Å². The highest BCUT2D eigenvalue weighted by Gasteiger charge is 2.35. The number of hydrogen-bond acceptors (Lipinski definition) is 7. The zero-order valence-corrected chi connectivity index (χ0v) is 18.1. The Bertz CT molecular complexity index is 584. The summed E-state index contributed by atoms with van der Waals surface area (Å²) in [7, 11) is -7.54. The molecule has 0 bridgehead atoms. The number of aliphatic hydroxyl groups is 1. The minimum atomic E-state index is -3.81. The van der Waals surface area contributed by atoms with Gasteiger partial charge in [0, 0.05) is 6.16 Å². The first-order valence-electron chi connectivity index (χ1n) is 9.36. The van der Waals surface area contributed by atoms with Crippen molar-refractivity contribution in [1.29, 1.82) is 0 Å². The second-order valence-corrected chi connectivity index (χ2v) is 11.4. The van der Waals surface area contributed by atoms with Gasteiger partial charge < -0.3 is 37.0 Å². The molecule has 9 N–H and O–H groups in total. The van der Waals surface area contributed by atoms with Crippen molar-refractivity contribution in [3.8, 4) is 0 Å². The van der Waals surface area contributed by atoms with E-state index in [2.05, 4.69) is 10.6 Å². The molecule has 0 spiro atoms. The van der Waals surface area contributed by atoms with Crippen LogP contribution < -0.4 is 22.1 Å². The van der Waals surface area contributed by atoms with Crippen molar-refractivity contribution in [3.05, 3.63) is 36.7 Å². The average molecular weight is 438 g/mol. The Hall–Kier alpha value is -0.920. The molecule has 0 aromatic heterocycles. The third-order valence-electron chi connectivity index (χ3n) is 3.92. The van der Waals surface area contributed by atoms with E-state index in [0.717, 1.165) is 25.7 Å². The van der Waals surface area contributed by atoms with E-state index in [0.29, 0.717) is 13.1 Å². The second-order valence-electron chi connectivity index (χ2n) is 6.47. The SMILES string of the molecule is N\C=C/C=C/C=C/NCP(=O)(O)CC(CO)P(=O)(O)CNCCCCCCN. The highest BCUT2D eigenvalue weighted by molar-refractivity contribution is 7.62. The molecule has 0 radical (unpaired) electrons. The number of allylic oxidation sites excluding steroid dienone is 4. The first-order valence-corrected chi connectivity index (χ1v) is 13.3. The van der Waals surface area contributed by atoms with Gasteiger partial charge in [-0.1, -0.05) is 25.0 Å². The van der Waals surface area contributed by atoms with Crippen molar-refractivity contribution in [3.63, 3.8) is 0 Å². The van der Waals surface area contributed by atoms with E-state index in [1.807, 2.05) is 0 Å². The van der Waals surface area contributed by atoms with E-state index in [9.17, 15) is 24.0 Å². The molecular formula is C17H36N4O5P2. The van der Waals surface area contributed by atoms with Crippen LogP contribution in [0.2, 0.25) is 0 Å². The Kier molecular flexibility index (Phi) is 15.4. The maximum atomic E-state index is 12.5. The molecule has 0 heterocycles. The van der Waals surface area contributed by atoms with Gasteiger partial charge in [-0.3, -0.25) is 9.13 Å². The minimum Gasteiger partial charge on any atom is -0.405 e. The van der Waals surface area contributed by atoms with Gasteiger partial charge in [0.05, 0.1) is 24.8 Å². The lowest BCUT2D eigenvalue weighted by atomic mass is 10.2. The third-order valence-corrected chi connectivity index (χ3v) is 8.06. The quantitative estimate of drug-likeness (QED) is 0.0995. The van der Waals surface area contributed by atoms with E-state index in [4.69, 9.17) is 11.5 Å². The molecule has 0 aliphatic heterocycles. The van der Waals surface area contributed by atoms with E-state index < -0.39 is 33.2 Å². The predicted molar refractivity (Wildman–Crippen MR) is 115 cm³/mol. The second kappa shape index (κ2) is 15.9. The Labute approximate surface area is 167 Å². The van der Waals surface area contributed by atoms with Crippen LogP contribution in [0.5, 0.6) is 0 Å². The third kappa shape index (κ3) is 14.1. The van der Waals surface area contributed by atoms with Gasteiger partial charge in [0.25, 0.3) is 0 Å². The summed E-state index contributed by atoms with van der Waals surface area (Å²) in [5, 5.41) is 15.0. The topological polar surface area (TPSA) is 171 Å². The predicted octanol–water partition coefficient (Wildman–Crippen LogP) is 1.04. The van der Waals surface area contributed by atoms with Gasteiger partial charge >= 0.3 is 0 Å². The van der Waals surface area contributed by atoms with Crippen LogP contribution in [0.3, 0.4) is 0 Å². The van der Waals surface area contributed by atoms with Crippen LogP contribution >= 0.6 is 14.7 Å². The fourth-order valence-electron chi connectivity index (χ4n) is 2.33. The Balaban J connectivity index is 4.37. The molecule has 0 aromatic carbocycles. The molecule has 0 amide bonds. The summed E-state index contributed by atoms with van der Waals surface area (Å²) in [6.07, 6.45) is 12.4. The molecule has 164 valence electrons. The van der Waals surface area contributed by atoms with Gasteiger partial charge in [-0.05, 0) is 50.5 Å². The Morgan fingerprint density at radius 1 is 0.964 bits per heavy atom. The number of hydrogen-bond donors (Lipinski definition) is 7. The standard InChI is InChI=1S/C17H36N4O5P2/c18-9-5-1-3-7-11-20-15-27(23,24)14-17(13-22)28(25,26)16-21-12-8-4-2-6-10-19/h1,3,5,7,9,11,17,20-22H,2,4,6,8,10,12-16,18-19H2,(H,23,24)(H,25,26)/b3-1+,9-5-,11-7+. The summed E-state index contributed by atoms with van der Waals surface area (Å²) < 4.78 is 24.7. The largest absolute Gasteiger partial charge is 0.405 e. The lowest BCUT2D eigenvalue weighted by molar-refractivity contribution is 0.286. The highest BCUT2D eigenvalue weighted by atomic mass is 31.2. The number of nitrogens with one attached hydrogen (secondary N) is 2. The molecule has 3 unspecified atom stereocenters. The van der Waals surface area contributed by atoms with Crippen molar-refractivity contribution in [2.24, 2.45) is 11.5 Å². The average Bonchev–Trinajstić information content (AvgIpc) is 2.64. The minimum absolute atomic E-state index is 0.193. The zero-order valence-electron chi connectivity index (χ0n) is 16.3. The van der Waals surface area contributed by atoms with Crippen LogP contribution in [-0.2, 0) is 9.13 Å². The van der Waals surface area contributed by atoms with E-state index in [1.165, 1.54) is 12.4 Å². The molecule has 3 atom stereocenters. The van der Waals surface area contributed by atoms with E-state index >= 15 is 0 Å². The molecule has 28 heavy (non-hydrogen) atoms. The van der Waals surface area contributed by atoms with Crippen LogP contribution in [0.4, 0.5) is 0 Å². The normalized spacial score (nSPS) is 17.9. The van der Waals surface area contributed by atoms with Crippen molar-refractivity contribution in [2.75, 3.05) is 38.4 Å². The molecule has 0 saturated carbocycles. The smallest absolute Gasteiger partial charge is 0.219 e. The molecule has 11 heteroatoms.